The summed E-state index contributed by atoms with van der Waals surface area (Å²) >= 11 is 3.28. The van der Waals surface area contributed by atoms with Crippen molar-refractivity contribution < 1.29 is 4.39 Å². The minimum Gasteiger partial charge on any atom is -0.246 e. The van der Waals surface area contributed by atoms with E-state index in [0.29, 0.717) is 0 Å². The summed E-state index contributed by atoms with van der Waals surface area (Å²) in [7, 11) is 0. The van der Waals surface area contributed by atoms with E-state index in [1.807, 2.05) is 0 Å². The largest absolute Gasteiger partial charge is 0.246 e. The van der Waals surface area contributed by atoms with E-state index in [2.05, 4.69) is 15.9 Å². The summed E-state index contributed by atoms with van der Waals surface area (Å²) in [6.45, 7) is 0. The highest BCUT2D eigenvalue weighted by molar-refractivity contribution is 9.09. The lowest BCUT2D eigenvalue weighted by Gasteiger charge is -2.19. The summed E-state index contributed by atoms with van der Waals surface area (Å²) in [6.07, 6.45) is 3.46. The smallest absolute Gasteiger partial charge is 0.113 e. The molecule has 1 aliphatic carbocycles. The Hall–Kier alpha value is 0.410. The van der Waals surface area contributed by atoms with Gasteiger partial charge in [-0.25, -0.2) is 4.39 Å². The highest BCUT2D eigenvalue weighted by Crippen LogP contribution is 2.26. The van der Waals surface area contributed by atoms with Crippen LogP contribution in [0.15, 0.2) is 0 Å². The normalized spacial score (nSPS) is 39.8. The first-order valence-corrected chi connectivity index (χ1v) is 4.00. The van der Waals surface area contributed by atoms with Crippen molar-refractivity contribution in [3.8, 4) is 0 Å². The van der Waals surface area contributed by atoms with Crippen LogP contribution >= 0.6 is 15.9 Å². The lowest BCUT2D eigenvalue weighted by molar-refractivity contribution is 0.263. The highest BCUT2D eigenvalue weighted by Gasteiger charge is 2.21. The quantitative estimate of drug-likeness (QED) is 0.504. The standard InChI is InChI=1S/C6H10BrF/c7-5-3-1-2-4-6(5)8/h5-6H,1-4H2/t5-,6-/m0/s1. The van der Waals surface area contributed by atoms with Gasteiger partial charge in [0, 0.05) is 4.83 Å². The third kappa shape index (κ3) is 1.44. The molecule has 0 aliphatic heterocycles. The Morgan fingerprint density at radius 2 is 1.88 bits per heavy atom. The second-order valence-electron chi connectivity index (χ2n) is 2.32. The third-order valence-corrected chi connectivity index (χ3v) is 2.63. The molecule has 0 aromatic heterocycles. The van der Waals surface area contributed by atoms with E-state index in [4.69, 9.17) is 0 Å². The first-order valence-electron chi connectivity index (χ1n) is 3.09. The van der Waals surface area contributed by atoms with Crippen LogP contribution in [0.3, 0.4) is 0 Å². The molecule has 1 rings (SSSR count). The Labute approximate surface area is 57.6 Å². The topological polar surface area (TPSA) is 0 Å². The maximum atomic E-state index is 12.5. The molecular formula is C6H10BrF. The molecule has 1 fully saturated rings. The van der Waals surface area contributed by atoms with Crippen LogP contribution in [0, 0.1) is 0 Å². The lowest BCUT2D eigenvalue weighted by Crippen LogP contribution is -2.19. The number of halogens is 2. The van der Waals surface area contributed by atoms with Gasteiger partial charge in [0.05, 0.1) is 0 Å². The molecule has 0 aromatic rings. The summed E-state index contributed by atoms with van der Waals surface area (Å²) in [6, 6.07) is 0. The van der Waals surface area contributed by atoms with Crippen molar-refractivity contribution in [2.24, 2.45) is 0 Å². The summed E-state index contributed by atoms with van der Waals surface area (Å²) in [4.78, 5) is 0.149. The van der Waals surface area contributed by atoms with Crippen LogP contribution < -0.4 is 0 Å². The van der Waals surface area contributed by atoms with Crippen LogP contribution in [-0.2, 0) is 0 Å². The minimum atomic E-state index is -0.580. The highest BCUT2D eigenvalue weighted by atomic mass is 79.9. The molecule has 0 saturated heterocycles. The van der Waals surface area contributed by atoms with Crippen LogP contribution in [0.5, 0.6) is 0 Å². The van der Waals surface area contributed by atoms with E-state index in [-0.39, 0.29) is 4.83 Å². The van der Waals surface area contributed by atoms with Gasteiger partial charge in [0.15, 0.2) is 0 Å². The summed E-state index contributed by atoms with van der Waals surface area (Å²) in [5, 5.41) is 0. The minimum absolute atomic E-state index is 0.149. The van der Waals surface area contributed by atoms with Gasteiger partial charge in [0.25, 0.3) is 0 Å². The molecule has 0 spiro atoms. The van der Waals surface area contributed by atoms with Crippen molar-refractivity contribution in [2.45, 2.75) is 36.7 Å². The Morgan fingerprint density at radius 1 is 1.25 bits per heavy atom. The van der Waals surface area contributed by atoms with E-state index in [1.165, 1.54) is 6.42 Å². The molecule has 1 saturated carbocycles. The molecule has 8 heavy (non-hydrogen) atoms. The Morgan fingerprint density at radius 3 is 2.25 bits per heavy atom. The van der Waals surface area contributed by atoms with E-state index in [1.54, 1.807) is 0 Å². The van der Waals surface area contributed by atoms with Crippen LogP contribution in [0.25, 0.3) is 0 Å². The molecule has 0 radical (unpaired) electrons. The van der Waals surface area contributed by atoms with Gasteiger partial charge in [-0.3, -0.25) is 0 Å². The third-order valence-electron chi connectivity index (χ3n) is 1.60. The zero-order chi connectivity index (χ0) is 5.98. The van der Waals surface area contributed by atoms with E-state index in [0.717, 1.165) is 19.3 Å². The molecular weight excluding hydrogens is 171 g/mol. The van der Waals surface area contributed by atoms with Crippen molar-refractivity contribution in [3.63, 3.8) is 0 Å². The first kappa shape index (κ1) is 6.53. The SMILES string of the molecule is F[C@H]1CCCC[C@@H]1Br. The van der Waals surface area contributed by atoms with Gasteiger partial charge < -0.3 is 0 Å². The molecule has 0 amide bonds. The van der Waals surface area contributed by atoms with E-state index < -0.39 is 6.17 Å². The van der Waals surface area contributed by atoms with Crippen LogP contribution in [0.4, 0.5) is 4.39 Å². The number of alkyl halides is 2. The number of rotatable bonds is 0. The van der Waals surface area contributed by atoms with Crippen LogP contribution in [0.2, 0.25) is 0 Å². The summed E-state index contributed by atoms with van der Waals surface area (Å²) in [5.41, 5.74) is 0. The molecule has 2 heteroatoms. The van der Waals surface area contributed by atoms with Gasteiger partial charge in [-0.1, -0.05) is 28.8 Å². The molecule has 2 atom stereocenters. The molecule has 0 unspecified atom stereocenters. The van der Waals surface area contributed by atoms with Gasteiger partial charge in [-0.2, -0.15) is 0 Å². The second-order valence-corrected chi connectivity index (χ2v) is 3.49. The summed E-state index contributed by atoms with van der Waals surface area (Å²) < 4.78 is 12.5. The lowest BCUT2D eigenvalue weighted by atomic mass is 9.99. The fourth-order valence-corrected chi connectivity index (χ4v) is 1.63. The zero-order valence-electron chi connectivity index (χ0n) is 4.74. The first-order chi connectivity index (χ1) is 3.80. The van der Waals surface area contributed by atoms with Crippen LogP contribution in [0.1, 0.15) is 25.7 Å². The maximum Gasteiger partial charge on any atom is 0.113 e. The predicted octanol–water partition coefficient (Wildman–Crippen LogP) is 2.66. The van der Waals surface area contributed by atoms with Crippen molar-refractivity contribution in [1.82, 2.24) is 0 Å². The molecule has 0 aromatic carbocycles. The average Bonchev–Trinajstić information content (AvgIpc) is 1.77. The van der Waals surface area contributed by atoms with Gasteiger partial charge in [0.1, 0.15) is 6.17 Å². The zero-order valence-corrected chi connectivity index (χ0v) is 6.33. The second kappa shape index (κ2) is 2.81. The Bertz CT molecular complexity index is 64.9. The molecule has 0 heterocycles. The monoisotopic (exact) mass is 180 g/mol. The summed E-state index contributed by atoms with van der Waals surface area (Å²) in [5.74, 6) is 0. The van der Waals surface area contributed by atoms with E-state index >= 15 is 0 Å². The van der Waals surface area contributed by atoms with Gasteiger partial charge in [-0.15, -0.1) is 0 Å². The van der Waals surface area contributed by atoms with Crippen molar-refractivity contribution >= 4 is 15.9 Å². The van der Waals surface area contributed by atoms with Crippen LogP contribution in [-0.4, -0.2) is 11.0 Å². The van der Waals surface area contributed by atoms with Crippen molar-refractivity contribution in [1.29, 1.82) is 0 Å². The molecule has 48 valence electrons. The fourth-order valence-electron chi connectivity index (χ4n) is 1.04. The van der Waals surface area contributed by atoms with Crippen molar-refractivity contribution in [3.05, 3.63) is 0 Å². The molecule has 0 nitrogen and oxygen atoms in total. The van der Waals surface area contributed by atoms with E-state index in [9.17, 15) is 4.39 Å². The molecule has 0 bridgehead atoms. The van der Waals surface area contributed by atoms with Gasteiger partial charge in [-0.05, 0) is 12.8 Å². The molecule has 1 aliphatic rings. The van der Waals surface area contributed by atoms with Gasteiger partial charge >= 0.3 is 0 Å². The Balaban J connectivity index is 2.28. The van der Waals surface area contributed by atoms with Crippen molar-refractivity contribution in [2.75, 3.05) is 0 Å². The predicted molar refractivity (Wildman–Crippen MR) is 36.1 cm³/mol. The average molecular weight is 181 g/mol. The maximum absolute atomic E-state index is 12.5. The Kier molecular flexibility index (Phi) is 2.29. The molecule has 0 N–H and O–H groups in total. The number of hydrogen-bond acceptors (Lipinski definition) is 0. The number of hydrogen-bond donors (Lipinski definition) is 0. The fraction of sp³-hybridized carbons (Fsp3) is 1.00. The van der Waals surface area contributed by atoms with Gasteiger partial charge in [0.2, 0.25) is 0 Å².